The van der Waals surface area contributed by atoms with Crippen molar-refractivity contribution in [3.8, 4) is 0 Å². The Morgan fingerprint density at radius 1 is 0.600 bits per heavy atom. The van der Waals surface area contributed by atoms with Gasteiger partial charge >= 0.3 is 19.3 Å². The van der Waals surface area contributed by atoms with Crippen molar-refractivity contribution in [1.29, 1.82) is 0 Å². The summed E-state index contributed by atoms with van der Waals surface area (Å²) < 4.78 is 7.63. The molecule has 212 valence electrons. The Hall–Kier alpha value is -3.11. The summed E-state index contributed by atoms with van der Waals surface area (Å²) in [7, 11) is -2.40. The molecule has 0 aromatic heterocycles. The molecular formula is C31H37BO7S. The van der Waals surface area contributed by atoms with Gasteiger partial charge in [0.2, 0.25) is 0 Å². The molecule has 9 heteroatoms. The molecule has 2 unspecified atom stereocenters. The van der Waals surface area contributed by atoms with Crippen LogP contribution in [0.25, 0.3) is 0 Å². The molecule has 3 aromatic carbocycles. The third-order valence-corrected chi connectivity index (χ3v) is 8.78. The van der Waals surface area contributed by atoms with Gasteiger partial charge in [0, 0.05) is 0 Å². The summed E-state index contributed by atoms with van der Waals surface area (Å²) in [6.45, 7) is 13.5. The summed E-state index contributed by atoms with van der Waals surface area (Å²) in [4.78, 5) is 25.2. The maximum absolute atomic E-state index is 10.5. The largest absolute Gasteiger partial charge is 0.808 e. The monoisotopic (exact) mass is 564 g/mol. The lowest BCUT2D eigenvalue weighted by molar-refractivity contribution is -0.249. The topological polar surface area (TPSA) is 116 Å². The molecule has 0 amide bonds. The Kier molecular flexibility index (Phi) is 11.0. The third-order valence-electron chi connectivity index (χ3n) is 6.55. The number of benzene rings is 3. The molecule has 7 nitrogen and oxygen atoms in total. The molecule has 1 aliphatic rings. The first-order chi connectivity index (χ1) is 18.9. The number of hydrogen-bond acceptors (Lipinski definition) is 7. The third kappa shape index (κ3) is 7.98. The molecule has 2 atom stereocenters. The van der Waals surface area contributed by atoms with E-state index in [0.29, 0.717) is 17.8 Å². The standard InChI is InChI=1S/C27H33S.C4H4BO7/c1-19(2)22-7-13-25(14-8-22)28(26-15-9-23(10-16-26)20(3)4)27-17-11-24(12-18-27)21(5)6;6-1-2(7)4(9)12-5(10)11-3(1)8/h7-21H,1-6H3;1-2,6-7H/q+1;-1. The van der Waals surface area contributed by atoms with Crippen LogP contribution in [0.5, 0.6) is 0 Å². The van der Waals surface area contributed by atoms with Crippen LogP contribution in [0.3, 0.4) is 0 Å². The normalized spacial score (nSPS) is 17.5. The molecule has 1 fully saturated rings. The highest BCUT2D eigenvalue weighted by Crippen LogP contribution is 2.33. The van der Waals surface area contributed by atoms with Crippen LogP contribution in [-0.2, 0) is 29.8 Å². The van der Waals surface area contributed by atoms with E-state index in [1.54, 1.807) is 0 Å². The van der Waals surface area contributed by atoms with Crippen LogP contribution < -0.4 is 5.02 Å². The van der Waals surface area contributed by atoms with E-state index < -0.39 is 31.5 Å². The van der Waals surface area contributed by atoms with Gasteiger partial charge in [-0.15, -0.1) is 0 Å². The van der Waals surface area contributed by atoms with Crippen molar-refractivity contribution in [3.63, 3.8) is 0 Å². The maximum Gasteiger partial charge on any atom is 0.496 e. The predicted octanol–water partition coefficient (Wildman–Crippen LogP) is 4.31. The molecular weight excluding hydrogens is 527 g/mol. The highest BCUT2D eigenvalue weighted by molar-refractivity contribution is 7.97. The lowest BCUT2D eigenvalue weighted by Crippen LogP contribution is -2.40. The Morgan fingerprint density at radius 2 is 0.850 bits per heavy atom. The Bertz CT molecular complexity index is 1110. The van der Waals surface area contributed by atoms with Gasteiger partial charge in [0.15, 0.2) is 26.9 Å². The van der Waals surface area contributed by atoms with E-state index in [4.69, 9.17) is 10.2 Å². The lowest BCUT2D eigenvalue weighted by Gasteiger charge is -2.13. The van der Waals surface area contributed by atoms with Gasteiger partial charge in [0.25, 0.3) is 0 Å². The molecule has 40 heavy (non-hydrogen) atoms. The number of hydrogen-bond donors (Lipinski definition) is 2. The SMILES string of the molecule is CC(C)c1ccc([S+](c2ccc(C(C)C)cc2)c2ccc(C(C)C)cc2)cc1.O=C1OB([O-])OC(=O)C(O)C1O. The molecule has 3 aromatic rings. The molecule has 0 spiro atoms. The van der Waals surface area contributed by atoms with E-state index in [1.165, 1.54) is 31.4 Å². The van der Waals surface area contributed by atoms with Crippen LogP contribution in [-0.4, -0.2) is 41.7 Å². The summed E-state index contributed by atoms with van der Waals surface area (Å²) in [5.41, 5.74) is 4.20. The second-order valence-corrected chi connectivity index (χ2v) is 12.6. The van der Waals surface area contributed by atoms with Crippen LogP contribution in [0.1, 0.15) is 76.0 Å². The van der Waals surface area contributed by atoms with Crippen molar-refractivity contribution in [2.45, 2.75) is 86.2 Å². The van der Waals surface area contributed by atoms with Gasteiger partial charge in [-0.3, -0.25) is 9.59 Å². The van der Waals surface area contributed by atoms with E-state index in [1.807, 2.05) is 0 Å². The van der Waals surface area contributed by atoms with Crippen molar-refractivity contribution < 1.29 is 34.1 Å². The predicted molar refractivity (Wildman–Crippen MR) is 154 cm³/mol. The summed E-state index contributed by atoms with van der Waals surface area (Å²) in [5.74, 6) is -1.08. The molecule has 2 N–H and O–H groups in total. The second kappa shape index (κ2) is 14.0. The van der Waals surface area contributed by atoms with Crippen LogP contribution in [0, 0.1) is 0 Å². The molecule has 1 saturated heterocycles. The van der Waals surface area contributed by atoms with E-state index in [9.17, 15) is 14.6 Å². The summed E-state index contributed by atoms with van der Waals surface area (Å²) >= 11 is 0. The van der Waals surface area contributed by atoms with Gasteiger partial charge in [-0.05, 0) is 70.8 Å². The minimum absolute atomic E-state index is 0.0791. The highest BCUT2D eigenvalue weighted by Gasteiger charge is 2.37. The Labute approximate surface area is 239 Å². The molecule has 1 heterocycles. The maximum atomic E-state index is 10.5. The fraction of sp³-hybridized carbons (Fsp3) is 0.355. The quantitative estimate of drug-likeness (QED) is 0.339. The number of aliphatic hydroxyl groups is 2. The van der Waals surface area contributed by atoms with E-state index in [0.717, 1.165) is 0 Å². The smallest absolute Gasteiger partial charge is 0.496 e. The molecule has 0 aliphatic carbocycles. The van der Waals surface area contributed by atoms with Crippen LogP contribution in [0.2, 0.25) is 0 Å². The minimum Gasteiger partial charge on any atom is -0.808 e. The Morgan fingerprint density at radius 3 is 1.07 bits per heavy atom. The fourth-order valence-electron chi connectivity index (χ4n) is 3.99. The number of aliphatic hydroxyl groups excluding tert-OH is 2. The summed E-state index contributed by atoms with van der Waals surface area (Å²) in [6, 6.07) is 27.7. The van der Waals surface area contributed by atoms with Gasteiger partial charge in [0.05, 0.1) is 10.9 Å². The van der Waals surface area contributed by atoms with Gasteiger partial charge < -0.3 is 24.5 Å². The number of carbonyl (C=O) groups is 2. The van der Waals surface area contributed by atoms with Crippen molar-refractivity contribution >= 4 is 30.2 Å². The summed E-state index contributed by atoms with van der Waals surface area (Å²) in [6.07, 6.45) is -4.12. The summed E-state index contributed by atoms with van der Waals surface area (Å²) in [5, 5.41) is 27.9. The van der Waals surface area contributed by atoms with Crippen LogP contribution >= 0.6 is 0 Å². The zero-order valence-electron chi connectivity index (χ0n) is 23.7. The number of rotatable bonds is 6. The van der Waals surface area contributed by atoms with Gasteiger partial charge in [-0.25, -0.2) is 0 Å². The number of carbonyl (C=O) groups excluding carboxylic acids is 2. The average Bonchev–Trinajstić information content (AvgIpc) is 3.00. The van der Waals surface area contributed by atoms with Gasteiger partial charge in [-0.1, -0.05) is 77.9 Å². The molecule has 0 bridgehead atoms. The van der Waals surface area contributed by atoms with Crippen molar-refractivity contribution in [1.82, 2.24) is 0 Å². The minimum atomic E-state index is -2.32. The zero-order chi connectivity index (χ0) is 29.6. The first kappa shape index (κ1) is 31.4. The highest BCUT2D eigenvalue weighted by atomic mass is 32.2. The van der Waals surface area contributed by atoms with Crippen molar-refractivity contribution in [3.05, 3.63) is 89.5 Å². The molecule has 1 aliphatic heterocycles. The molecule has 0 saturated carbocycles. The van der Waals surface area contributed by atoms with Crippen molar-refractivity contribution in [2.75, 3.05) is 0 Å². The first-order valence-electron chi connectivity index (χ1n) is 13.4. The molecule has 4 rings (SSSR count). The van der Waals surface area contributed by atoms with E-state index in [2.05, 4.69) is 124 Å². The first-order valence-corrected chi connectivity index (χ1v) is 14.6. The van der Waals surface area contributed by atoms with E-state index >= 15 is 0 Å². The lowest BCUT2D eigenvalue weighted by atomic mass is 10.0. The van der Waals surface area contributed by atoms with Gasteiger partial charge in [0.1, 0.15) is 0 Å². The van der Waals surface area contributed by atoms with Crippen LogP contribution in [0.4, 0.5) is 0 Å². The van der Waals surface area contributed by atoms with Crippen LogP contribution in [0.15, 0.2) is 87.5 Å². The average molecular weight is 565 g/mol. The fourth-order valence-corrected chi connectivity index (χ4v) is 6.03. The second-order valence-electron chi connectivity index (χ2n) is 10.5. The molecule has 0 radical (unpaired) electrons. The van der Waals surface area contributed by atoms with E-state index in [-0.39, 0.29) is 10.9 Å². The van der Waals surface area contributed by atoms with Gasteiger partial charge in [-0.2, -0.15) is 0 Å². The Balaban J connectivity index is 0.000000307. The van der Waals surface area contributed by atoms with Crippen molar-refractivity contribution in [2.24, 2.45) is 0 Å². The zero-order valence-corrected chi connectivity index (χ0v) is 24.6.